The number of rotatable bonds is 0. The van der Waals surface area contributed by atoms with Gasteiger partial charge in [0.15, 0.2) is 0 Å². The molecule has 1 rings (SSSR count). The number of hydrogen-bond acceptors (Lipinski definition) is 0. The third-order valence-corrected chi connectivity index (χ3v) is 2.29. The van der Waals surface area contributed by atoms with Crippen molar-refractivity contribution >= 4 is 21.6 Å². The molecule has 0 atom stereocenters. The van der Waals surface area contributed by atoms with Crippen LogP contribution in [-0.2, 0) is 0 Å². The summed E-state index contributed by atoms with van der Waals surface area (Å²) in [4.78, 5) is 3.08. The number of halogens is 2. The minimum atomic E-state index is -0.458. The molecule has 0 aromatic heterocycles. The minimum absolute atomic E-state index is 0.0966. The SMILES string of the molecule is [C-]#[N+]c1c(F)ccc(Br)c1C. The Morgan fingerprint density at radius 2 is 2.18 bits per heavy atom. The zero-order valence-corrected chi connectivity index (χ0v) is 7.44. The van der Waals surface area contributed by atoms with Gasteiger partial charge in [-0.3, -0.25) is 0 Å². The lowest BCUT2D eigenvalue weighted by Crippen LogP contribution is -1.80. The molecule has 1 nitrogen and oxygen atoms in total. The highest BCUT2D eigenvalue weighted by Crippen LogP contribution is 2.28. The summed E-state index contributed by atoms with van der Waals surface area (Å²) in [5.41, 5.74) is 0.749. The maximum absolute atomic E-state index is 12.8. The lowest BCUT2D eigenvalue weighted by atomic mass is 10.2. The van der Waals surface area contributed by atoms with Crippen LogP contribution in [0.1, 0.15) is 5.56 Å². The third kappa shape index (κ3) is 1.41. The van der Waals surface area contributed by atoms with Gasteiger partial charge in [-0.1, -0.05) is 15.9 Å². The summed E-state index contributed by atoms with van der Waals surface area (Å²) < 4.78 is 13.6. The molecule has 0 aliphatic rings. The summed E-state index contributed by atoms with van der Waals surface area (Å²) in [6, 6.07) is 2.88. The van der Waals surface area contributed by atoms with Crippen LogP contribution in [0.25, 0.3) is 4.85 Å². The molecule has 0 aliphatic heterocycles. The first-order chi connectivity index (χ1) is 5.16. The molecule has 0 radical (unpaired) electrons. The van der Waals surface area contributed by atoms with E-state index in [9.17, 15) is 4.39 Å². The Bertz CT molecular complexity index is 328. The summed E-state index contributed by atoms with van der Waals surface area (Å²) in [7, 11) is 0. The maximum atomic E-state index is 12.8. The summed E-state index contributed by atoms with van der Waals surface area (Å²) in [6.45, 7) is 8.40. The van der Waals surface area contributed by atoms with Crippen molar-refractivity contribution in [1.82, 2.24) is 0 Å². The van der Waals surface area contributed by atoms with E-state index in [2.05, 4.69) is 20.8 Å². The van der Waals surface area contributed by atoms with Gasteiger partial charge in [-0.25, -0.2) is 9.24 Å². The molecule has 0 fully saturated rings. The smallest absolute Gasteiger partial charge is 0.226 e. The van der Waals surface area contributed by atoms with Crippen LogP contribution in [0, 0.1) is 19.3 Å². The number of hydrogen-bond donors (Lipinski definition) is 0. The Labute approximate surface area is 72.8 Å². The van der Waals surface area contributed by atoms with Crippen LogP contribution in [0.15, 0.2) is 16.6 Å². The predicted octanol–water partition coefficient (Wildman–Crippen LogP) is 3.45. The van der Waals surface area contributed by atoms with Gasteiger partial charge >= 0.3 is 0 Å². The average Bonchev–Trinajstić information content (AvgIpc) is 1.99. The van der Waals surface area contributed by atoms with Crippen molar-refractivity contribution < 1.29 is 4.39 Å². The van der Waals surface area contributed by atoms with Gasteiger partial charge in [0.25, 0.3) is 0 Å². The molecule has 0 heterocycles. The lowest BCUT2D eigenvalue weighted by molar-refractivity contribution is 0.632. The molecule has 11 heavy (non-hydrogen) atoms. The third-order valence-electron chi connectivity index (χ3n) is 1.43. The Balaban J connectivity index is 3.44. The van der Waals surface area contributed by atoms with Crippen molar-refractivity contribution in [2.45, 2.75) is 6.92 Å². The summed E-state index contributed by atoms with van der Waals surface area (Å²) >= 11 is 3.21. The first-order valence-electron chi connectivity index (χ1n) is 2.99. The van der Waals surface area contributed by atoms with Gasteiger partial charge in [0.05, 0.1) is 6.57 Å². The molecule has 0 aliphatic carbocycles. The highest BCUT2D eigenvalue weighted by molar-refractivity contribution is 9.10. The second-order valence-electron chi connectivity index (χ2n) is 2.11. The zero-order chi connectivity index (χ0) is 8.43. The van der Waals surface area contributed by atoms with Crippen LogP contribution in [0.5, 0.6) is 0 Å². The van der Waals surface area contributed by atoms with E-state index in [-0.39, 0.29) is 5.69 Å². The fraction of sp³-hybridized carbons (Fsp3) is 0.125. The molecule has 0 spiro atoms. The van der Waals surface area contributed by atoms with E-state index in [1.807, 2.05) is 0 Å². The van der Waals surface area contributed by atoms with Gasteiger partial charge < -0.3 is 0 Å². The first-order valence-corrected chi connectivity index (χ1v) is 3.78. The quantitative estimate of drug-likeness (QED) is 0.582. The van der Waals surface area contributed by atoms with Crippen molar-refractivity contribution in [1.29, 1.82) is 0 Å². The zero-order valence-electron chi connectivity index (χ0n) is 5.86. The topological polar surface area (TPSA) is 4.36 Å². The minimum Gasteiger partial charge on any atom is -0.235 e. The molecule has 0 unspecified atom stereocenters. The van der Waals surface area contributed by atoms with Crippen LogP contribution in [-0.4, -0.2) is 0 Å². The molecule has 1 aromatic carbocycles. The van der Waals surface area contributed by atoms with E-state index >= 15 is 0 Å². The van der Waals surface area contributed by atoms with Gasteiger partial charge in [0.2, 0.25) is 5.69 Å². The van der Waals surface area contributed by atoms with E-state index in [4.69, 9.17) is 6.57 Å². The van der Waals surface area contributed by atoms with Crippen molar-refractivity contribution in [3.05, 3.63) is 39.4 Å². The largest absolute Gasteiger partial charge is 0.235 e. The number of benzene rings is 1. The van der Waals surface area contributed by atoms with E-state index in [0.717, 1.165) is 4.47 Å². The molecule has 56 valence electrons. The Kier molecular flexibility index (Phi) is 2.25. The van der Waals surface area contributed by atoms with Crippen molar-refractivity contribution in [2.75, 3.05) is 0 Å². The first kappa shape index (κ1) is 8.22. The van der Waals surface area contributed by atoms with Crippen molar-refractivity contribution in [2.24, 2.45) is 0 Å². The lowest BCUT2D eigenvalue weighted by Gasteiger charge is -2.00. The highest BCUT2D eigenvalue weighted by Gasteiger charge is 2.06. The molecule has 3 heteroatoms. The molecule has 1 aromatic rings. The van der Waals surface area contributed by atoms with Crippen LogP contribution in [0.2, 0.25) is 0 Å². The predicted molar refractivity (Wildman–Crippen MR) is 45.1 cm³/mol. The van der Waals surface area contributed by atoms with E-state index in [0.29, 0.717) is 5.56 Å². The maximum Gasteiger partial charge on any atom is 0.226 e. The Morgan fingerprint density at radius 1 is 1.55 bits per heavy atom. The molecule has 0 amide bonds. The summed E-state index contributed by atoms with van der Waals surface area (Å²) in [5, 5.41) is 0. The second-order valence-corrected chi connectivity index (χ2v) is 2.97. The van der Waals surface area contributed by atoms with E-state index in [1.165, 1.54) is 6.07 Å². The second kappa shape index (κ2) is 3.02. The van der Waals surface area contributed by atoms with Crippen molar-refractivity contribution in [3.8, 4) is 0 Å². The molecular formula is C8H5BrFN. The van der Waals surface area contributed by atoms with E-state index in [1.54, 1.807) is 13.0 Å². The molecule has 0 bridgehead atoms. The van der Waals surface area contributed by atoms with Gasteiger partial charge in [0, 0.05) is 4.47 Å². The van der Waals surface area contributed by atoms with Crippen LogP contribution < -0.4 is 0 Å². The standard InChI is InChI=1S/C8H5BrFN/c1-5-6(9)3-4-7(10)8(5)11-2/h3-4H,1H3. The fourth-order valence-electron chi connectivity index (χ4n) is 0.780. The van der Waals surface area contributed by atoms with Gasteiger partial charge in [-0.05, 0) is 24.6 Å². The highest BCUT2D eigenvalue weighted by atomic mass is 79.9. The van der Waals surface area contributed by atoms with Crippen LogP contribution in [0.3, 0.4) is 0 Å². The van der Waals surface area contributed by atoms with Crippen molar-refractivity contribution in [3.63, 3.8) is 0 Å². The van der Waals surface area contributed by atoms with Crippen LogP contribution >= 0.6 is 15.9 Å². The normalized spacial score (nSPS) is 9.27. The van der Waals surface area contributed by atoms with Gasteiger partial charge in [0.1, 0.15) is 5.82 Å². The van der Waals surface area contributed by atoms with Gasteiger partial charge in [-0.2, -0.15) is 0 Å². The molecule has 0 saturated carbocycles. The van der Waals surface area contributed by atoms with Gasteiger partial charge in [-0.15, -0.1) is 0 Å². The number of nitrogens with zero attached hydrogens (tertiary/aromatic N) is 1. The monoisotopic (exact) mass is 213 g/mol. The Hall–Kier alpha value is -0.880. The van der Waals surface area contributed by atoms with E-state index < -0.39 is 5.82 Å². The Morgan fingerprint density at radius 3 is 2.64 bits per heavy atom. The summed E-state index contributed by atoms with van der Waals surface area (Å²) in [5.74, 6) is -0.458. The van der Waals surface area contributed by atoms with Crippen LogP contribution in [0.4, 0.5) is 10.1 Å². The molecular weight excluding hydrogens is 209 g/mol. The molecule has 0 saturated heterocycles. The summed E-state index contributed by atoms with van der Waals surface area (Å²) in [6.07, 6.45) is 0. The average molecular weight is 214 g/mol. The fourth-order valence-corrected chi connectivity index (χ4v) is 1.10. The molecule has 0 N–H and O–H groups in total.